The standard InChI is InChI=1S/C15H17NO/c1-4-9-13(10-5-2)15(17)16(3)14-11-7-6-8-12-14/h4-12H,1H2,2-3H3/b10-5-,13-9+. The maximum Gasteiger partial charge on any atom is 0.257 e. The number of carbonyl (C=O) groups is 1. The number of allylic oxidation sites excluding steroid dienone is 3. The van der Waals surface area contributed by atoms with Gasteiger partial charge in [0.05, 0.1) is 0 Å². The summed E-state index contributed by atoms with van der Waals surface area (Å²) in [6, 6.07) is 9.55. The zero-order valence-electron chi connectivity index (χ0n) is 10.3. The van der Waals surface area contributed by atoms with Crippen LogP contribution in [0.4, 0.5) is 5.69 Å². The van der Waals surface area contributed by atoms with Gasteiger partial charge >= 0.3 is 0 Å². The first-order chi connectivity index (χ1) is 8.20. The van der Waals surface area contributed by atoms with Crippen LogP contribution < -0.4 is 4.90 Å². The third-order valence-corrected chi connectivity index (χ3v) is 2.34. The number of carbonyl (C=O) groups excluding carboxylic acids is 1. The summed E-state index contributed by atoms with van der Waals surface area (Å²) < 4.78 is 0. The van der Waals surface area contributed by atoms with E-state index < -0.39 is 0 Å². The predicted octanol–water partition coefficient (Wildman–Crippen LogP) is 3.34. The molecule has 2 nitrogen and oxygen atoms in total. The number of benzene rings is 1. The summed E-state index contributed by atoms with van der Waals surface area (Å²) in [4.78, 5) is 13.8. The first kappa shape index (κ1) is 13.0. The van der Waals surface area contributed by atoms with Crippen molar-refractivity contribution < 1.29 is 4.79 Å². The molecule has 0 N–H and O–H groups in total. The lowest BCUT2D eigenvalue weighted by Gasteiger charge is -2.17. The summed E-state index contributed by atoms with van der Waals surface area (Å²) >= 11 is 0. The number of likely N-dealkylation sites (N-methyl/N-ethyl adjacent to an activating group) is 1. The monoisotopic (exact) mass is 227 g/mol. The van der Waals surface area contributed by atoms with Gasteiger partial charge in [-0.3, -0.25) is 4.79 Å². The molecule has 0 aliphatic carbocycles. The molecule has 0 saturated carbocycles. The van der Waals surface area contributed by atoms with E-state index in [2.05, 4.69) is 6.58 Å². The summed E-state index contributed by atoms with van der Waals surface area (Å²) in [5, 5.41) is 0. The quantitative estimate of drug-likeness (QED) is 0.570. The van der Waals surface area contributed by atoms with Crippen molar-refractivity contribution in [2.45, 2.75) is 6.92 Å². The Hall–Kier alpha value is -2.09. The SMILES string of the molecule is C=C/C=C(\C=C/C)C(=O)N(C)c1ccccc1. The molecule has 17 heavy (non-hydrogen) atoms. The van der Waals surface area contributed by atoms with Gasteiger partial charge in [-0.1, -0.05) is 49.1 Å². The molecule has 0 heterocycles. The highest BCUT2D eigenvalue weighted by atomic mass is 16.2. The van der Waals surface area contributed by atoms with Crippen LogP contribution in [0.5, 0.6) is 0 Å². The van der Waals surface area contributed by atoms with Crippen LogP contribution in [-0.2, 0) is 4.79 Å². The fraction of sp³-hybridized carbons (Fsp3) is 0.133. The van der Waals surface area contributed by atoms with Gasteiger partial charge in [0.2, 0.25) is 0 Å². The average Bonchev–Trinajstić information content (AvgIpc) is 2.38. The van der Waals surface area contributed by atoms with Gasteiger partial charge in [0.15, 0.2) is 0 Å². The Kier molecular flexibility index (Phi) is 4.95. The summed E-state index contributed by atoms with van der Waals surface area (Å²) in [6.07, 6.45) is 6.95. The number of rotatable bonds is 4. The second-order valence-corrected chi connectivity index (χ2v) is 3.56. The largest absolute Gasteiger partial charge is 0.311 e. The van der Waals surface area contributed by atoms with Crippen LogP contribution in [0.3, 0.4) is 0 Å². The fourth-order valence-electron chi connectivity index (χ4n) is 1.47. The number of hydrogen-bond donors (Lipinski definition) is 0. The van der Waals surface area contributed by atoms with E-state index in [1.807, 2.05) is 43.3 Å². The summed E-state index contributed by atoms with van der Waals surface area (Å²) in [5.74, 6) is -0.0470. The zero-order valence-corrected chi connectivity index (χ0v) is 10.3. The lowest BCUT2D eigenvalue weighted by atomic mass is 10.2. The number of amides is 1. The zero-order chi connectivity index (χ0) is 12.7. The molecular weight excluding hydrogens is 210 g/mol. The minimum Gasteiger partial charge on any atom is -0.311 e. The van der Waals surface area contributed by atoms with Crippen LogP contribution in [0.15, 0.2) is 66.8 Å². The number of nitrogens with zero attached hydrogens (tertiary/aromatic N) is 1. The van der Waals surface area contributed by atoms with Gasteiger partial charge in [-0.05, 0) is 19.1 Å². The van der Waals surface area contributed by atoms with E-state index in [1.54, 1.807) is 30.2 Å². The Labute approximate surface area is 103 Å². The second kappa shape index (κ2) is 6.48. The van der Waals surface area contributed by atoms with Gasteiger partial charge in [-0.25, -0.2) is 0 Å². The van der Waals surface area contributed by atoms with Crippen LogP contribution in [0.2, 0.25) is 0 Å². The Morgan fingerprint density at radius 2 is 1.94 bits per heavy atom. The van der Waals surface area contributed by atoms with E-state index in [0.29, 0.717) is 5.57 Å². The van der Waals surface area contributed by atoms with Gasteiger partial charge in [0.1, 0.15) is 0 Å². The summed E-state index contributed by atoms with van der Waals surface area (Å²) in [7, 11) is 1.76. The van der Waals surface area contributed by atoms with Crippen molar-refractivity contribution in [2.75, 3.05) is 11.9 Å². The normalized spacial score (nSPS) is 11.5. The molecule has 1 amide bonds. The van der Waals surface area contributed by atoms with E-state index >= 15 is 0 Å². The van der Waals surface area contributed by atoms with Crippen molar-refractivity contribution in [1.29, 1.82) is 0 Å². The summed E-state index contributed by atoms with van der Waals surface area (Å²) in [5.41, 5.74) is 1.49. The van der Waals surface area contributed by atoms with Gasteiger partial charge in [-0.2, -0.15) is 0 Å². The van der Waals surface area contributed by atoms with Gasteiger partial charge < -0.3 is 4.90 Å². The Bertz CT molecular complexity index is 443. The molecule has 0 unspecified atom stereocenters. The van der Waals surface area contributed by atoms with E-state index in [9.17, 15) is 4.79 Å². The van der Waals surface area contributed by atoms with Crippen LogP contribution in [0.25, 0.3) is 0 Å². The molecule has 0 fully saturated rings. The first-order valence-corrected chi connectivity index (χ1v) is 5.49. The molecule has 0 bridgehead atoms. The molecule has 0 saturated heterocycles. The smallest absolute Gasteiger partial charge is 0.257 e. The average molecular weight is 227 g/mol. The number of anilines is 1. The van der Waals surface area contributed by atoms with E-state index in [4.69, 9.17) is 0 Å². The van der Waals surface area contributed by atoms with Crippen LogP contribution in [0, 0.1) is 0 Å². The predicted molar refractivity (Wildman–Crippen MR) is 72.9 cm³/mol. The van der Waals surface area contributed by atoms with Crippen molar-refractivity contribution in [2.24, 2.45) is 0 Å². The highest BCUT2D eigenvalue weighted by Gasteiger charge is 2.12. The molecule has 0 aromatic heterocycles. The molecule has 0 aliphatic rings. The molecule has 0 radical (unpaired) electrons. The minimum absolute atomic E-state index is 0.0470. The topological polar surface area (TPSA) is 20.3 Å². The molecule has 2 heteroatoms. The molecule has 1 aromatic carbocycles. The van der Waals surface area contributed by atoms with Crippen molar-refractivity contribution in [3.63, 3.8) is 0 Å². The van der Waals surface area contributed by atoms with Crippen molar-refractivity contribution in [3.8, 4) is 0 Å². The lowest BCUT2D eigenvalue weighted by molar-refractivity contribution is -0.114. The highest BCUT2D eigenvalue weighted by molar-refractivity contribution is 6.07. The van der Waals surface area contributed by atoms with Gasteiger partial charge in [0.25, 0.3) is 5.91 Å². The van der Waals surface area contributed by atoms with Crippen LogP contribution in [0.1, 0.15) is 6.92 Å². The Balaban J connectivity index is 2.96. The maximum atomic E-state index is 12.2. The van der Waals surface area contributed by atoms with Crippen molar-refractivity contribution in [1.82, 2.24) is 0 Å². The summed E-state index contributed by atoms with van der Waals surface area (Å²) in [6.45, 7) is 5.50. The van der Waals surface area contributed by atoms with Gasteiger partial charge in [-0.15, -0.1) is 0 Å². The van der Waals surface area contributed by atoms with Crippen LogP contribution in [-0.4, -0.2) is 13.0 Å². The van der Waals surface area contributed by atoms with Crippen LogP contribution >= 0.6 is 0 Å². The lowest BCUT2D eigenvalue weighted by Crippen LogP contribution is -2.27. The molecule has 1 rings (SSSR count). The van der Waals surface area contributed by atoms with E-state index in [1.165, 1.54) is 0 Å². The van der Waals surface area contributed by atoms with E-state index in [0.717, 1.165) is 5.69 Å². The number of para-hydroxylation sites is 1. The Morgan fingerprint density at radius 3 is 2.47 bits per heavy atom. The second-order valence-electron chi connectivity index (χ2n) is 3.56. The first-order valence-electron chi connectivity index (χ1n) is 5.49. The Morgan fingerprint density at radius 1 is 1.29 bits per heavy atom. The maximum absolute atomic E-state index is 12.2. The number of hydrogen-bond acceptors (Lipinski definition) is 1. The molecule has 1 aromatic rings. The third-order valence-electron chi connectivity index (χ3n) is 2.34. The molecule has 0 atom stereocenters. The third kappa shape index (κ3) is 3.45. The van der Waals surface area contributed by atoms with E-state index in [-0.39, 0.29) is 5.91 Å². The molecule has 0 spiro atoms. The molecule has 88 valence electrons. The van der Waals surface area contributed by atoms with Crippen molar-refractivity contribution >= 4 is 11.6 Å². The molecular formula is C15H17NO. The van der Waals surface area contributed by atoms with Crippen molar-refractivity contribution in [3.05, 3.63) is 66.8 Å². The fourth-order valence-corrected chi connectivity index (χ4v) is 1.47. The molecule has 0 aliphatic heterocycles. The minimum atomic E-state index is -0.0470. The van der Waals surface area contributed by atoms with Gasteiger partial charge in [0, 0.05) is 18.3 Å². The highest BCUT2D eigenvalue weighted by Crippen LogP contribution is 2.14.